The number of hydrogen-bond donors (Lipinski definition) is 0. The number of nitrogens with zero attached hydrogens (tertiary/aromatic N) is 3. The molecule has 0 N–H and O–H groups in total. The van der Waals surface area contributed by atoms with E-state index >= 15 is 0 Å². The molecule has 0 amide bonds. The summed E-state index contributed by atoms with van der Waals surface area (Å²) < 4.78 is 1.64. The van der Waals surface area contributed by atoms with Crippen LogP contribution in [-0.2, 0) is 0 Å². The third kappa shape index (κ3) is 1.70. The monoisotopic (exact) mass is 193 g/mol. The maximum absolute atomic E-state index is 5.73. The van der Waals surface area contributed by atoms with Gasteiger partial charge >= 0.3 is 0 Å². The van der Waals surface area contributed by atoms with Gasteiger partial charge in [0, 0.05) is 6.20 Å². The largest absolute Gasteiger partial charge is 0.237 e. The van der Waals surface area contributed by atoms with Crippen LogP contribution in [0.4, 0.5) is 0 Å². The molecule has 0 saturated heterocycles. The summed E-state index contributed by atoms with van der Waals surface area (Å²) in [5, 5.41) is 4.65. The zero-order valence-corrected chi connectivity index (χ0v) is 7.86. The Morgan fingerprint density at radius 3 is 2.69 bits per heavy atom. The molecule has 0 bridgehead atoms. The van der Waals surface area contributed by atoms with Crippen LogP contribution in [0, 0.1) is 6.92 Å². The molecule has 0 fully saturated rings. The van der Waals surface area contributed by atoms with Crippen LogP contribution < -0.4 is 0 Å². The van der Waals surface area contributed by atoms with E-state index in [2.05, 4.69) is 10.1 Å². The Hall–Kier alpha value is -1.35. The van der Waals surface area contributed by atoms with Gasteiger partial charge < -0.3 is 0 Å². The van der Waals surface area contributed by atoms with E-state index in [1.807, 2.05) is 19.1 Å². The molecule has 4 heteroatoms. The predicted octanol–water partition coefficient (Wildman–Crippen LogP) is 2.23. The Labute approximate surface area is 81.0 Å². The van der Waals surface area contributed by atoms with Crippen LogP contribution in [0.1, 0.15) is 5.56 Å². The van der Waals surface area contributed by atoms with Gasteiger partial charge in [0.1, 0.15) is 0 Å². The fraction of sp³-hybridized carbons (Fsp3) is 0.111. The first-order chi connectivity index (χ1) is 6.25. The molecule has 0 radical (unpaired) electrons. The highest BCUT2D eigenvalue weighted by Crippen LogP contribution is 2.09. The second kappa shape index (κ2) is 3.18. The van der Waals surface area contributed by atoms with Gasteiger partial charge in [0.2, 0.25) is 0 Å². The molecular weight excluding hydrogens is 186 g/mol. The van der Waals surface area contributed by atoms with Crippen LogP contribution in [0.5, 0.6) is 0 Å². The zero-order valence-electron chi connectivity index (χ0n) is 7.11. The summed E-state index contributed by atoms with van der Waals surface area (Å²) in [5.74, 6) is 0.775. The van der Waals surface area contributed by atoms with E-state index in [0.29, 0.717) is 5.02 Å². The second-order valence-corrected chi connectivity index (χ2v) is 3.23. The van der Waals surface area contributed by atoms with Crippen molar-refractivity contribution < 1.29 is 0 Å². The lowest BCUT2D eigenvalue weighted by atomic mass is 10.3. The second-order valence-electron chi connectivity index (χ2n) is 2.80. The highest BCUT2D eigenvalue weighted by atomic mass is 35.5. The third-order valence-electron chi connectivity index (χ3n) is 1.68. The van der Waals surface area contributed by atoms with Gasteiger partial charge in [-0.2, -0.15) is 5.10 Å². The number of aromatic nitrogens is 3. The van der Waals surface area contributed by atoms with Crippen molar-refractivity contribution >= 4 is 11.6 Å². The molecule has 66 valence electrons. The maximum atomic E-state index is 5.73. The fourth-order valence-electron chi connectivity index (χ4n) is 1.02. The van der Waals surface area contributed by atoms with Gasteiger partial charge in [0.25, 0.3) is 0 Å². The predicted molar refractivity (Wildman–Crippen MR) is 51.1 cm³/mol. The molecule has 2 aromatic heterocycles. The molecule has 0 atom stereocenters. The van der Waals surface area contributed by atoms with E-state index < -0.39 is 0 Å². The minimum atomic E-state index is 0.613. The standard InChI is InChI=1S/C9H8ClN3/c1-7-2-3-9(11-4-7)13-6-8(10)5-12-13/h2-6H,1H3. The third-order valence-corrected chi connectivity index (χ3v) is 1.88. The highest BCUT2D eigenvalue weighted by molar-refractivity contribution is 6.30. The van der Waals surface area contributed by atoms with Crippen molar-refractivity contribution in [2.45, 2.75) is 6.92 Å². The molecule has 2 rings (SSSR count). The summed E-state index contributed by atoms with van der Waals surface area (Å²) >= 11 is 5.73. The maximum Gasteiger partial charge on any atom is 0.153 e. The lowest BCUT2D eigenvalue weighted by Crippen LogP contribution is -1.96. The van der Waals surface area contributed by atoms with Crippen LogP contribution in [-0.4, -0.2) is 14.8 Å². The van der Waals surface area contributed by atoms with E-state index in [4.69, 9.17) is 11.6 Å². The van der Waals surface area contributed by atoms with Crippen molar-refractivity contribution in [3.05, 3.63) is 41.3 Å². The molecule has 0 saturated carbocycles. The topological polar surface area (TPSA) is 30.7 Å². The van der Waals surface area contributed by atoms with Gasteiger partial charge in [-0.1, -0.05) is 17.7 Å². The minimum absolute atomic E-state index is 0.613. The normalized spacial score (nSPS) is 10.3. The van der Waals surface area contributed by atoms with Crippen LogP contribution in [0.2, 0.25) is 5.02 Å². The van der Waals surface area contributed by atoms with E-state index in [-0.39, 0.29) is 0 Å². The molecule has 0 aliphatic rings. The smallest absolute Gasteiger partial charge is 0.153 e. The first kappa shape index (κ1) is 8.26. The molecule has 0 spiro atoms. The molecule has 0 aliphatic heterocycles. The van der Waals surface area contributed by atoms with Crippen LogP contribution in [0.3, 0.4) is 0 Å². The average Bonchev–Trinajstić information content (AvgIpc) is 2.53. The van der Waals surface area contributed by atoms with Crippen LogP contribution >= 0.6 is 11.6 Å². The molecule has 2 aromatic rings. The molecule has 3 nitrogen and oxygen atoms in total. The Morgan fingerprint density at radius 2 is 2.15 bits per heavy atom. The van der Waals surface area contributed by atoms with Crippen molar-refractivity contribution in [2.24, 2.45) is 0 Å². The number of hydrogen-bond acceptors (Lipinski definition) is 2. The van der Waals surface area contributed by atoms with E-state index in [0.717, 1.165) is 11.4 Å². The molecule has 13 heavy (non-hydrogen) atoms. The van der Waals surface area contributed by atoms with E-state index in [9.17, 15) is 0 Å². The van der Waals surface area contributed by atoms with Crippen molar-refractivity contribution in [2.75, 3.05) is 0 Å². The van der Waals surface area contributed by atoms with E-state index in [1.54, 1.807) is 23.3 Å². The van der Waals surface area contributed by atoms with Crippen LogP contribution in [0.15, 0.2) is 30.7 Å². The summed E-state index contributed by atoms with van der Waals surface area (Å²) in [4.78, 5) is 4.20. The SMILES string of the molecule is Cc1ccc(-n2cc(Cl)cn2)nc1. The van der Waals surface area contributed by atoms with Gasteiger partial charge in [-0.3, -0.25) is 0 Å². The molecule has 0 aromatic carbocycles. The van der Waals surface area contributed by atoms with Gasteiger partial charge in [-0.15, -0.1) is 0 Å². The Morgan fingerprint density at radius 1 is 1.31 bits per heavy atom. The van der Waals surface area contributed by atoms with Crippen molar-refractivity contribution in [3.8, 4) is 5.82 Å². The fourth-order valence-corrected chi connectivity index (χ4v) is 1.16. The molecule has 0 aliphatic carbocycles. The first-order valence-corrected chi connectivity index (χ1v) is 4.27. The summed E-state index contributed by atoms with van der Waals surface area (Å²) in [6, 6.07) is 3.89. The van der Waals surface area contributed by atoms with Gasteiger partial charge in [0.05, 0.1) is 17.4 Å². The Bertz CT molecular complexity index is 405. The van der Waals surface area contributed by atoms with Gasteiger partial charge in [0.15, 0.2) is 5.82 Å². The Balaban J connectivity index is 2.41. The summed E-state index contributed by atoms with van der Waals surface area (Å²) in [6.07, 6.45) is 5.10. The van der Waals surface area contributed by atoms with Crippen molar-refractivity contribution in [3.63, 3.8) is 0 Å². The van der Waals surface area contributed by atoms with Gasteiger partial charge in [-0.05, 0) is 18.6 Å². The van der Waals surface area contributed by atoms with Crippen molar-refractivity contribution in [1.82, 2.24) is 14.8 Å². The first-order valence-electron chi connectivity index (χ1n) is 3.89. The lowest BCUT2D eigenvalue weighted by Gasteiger charge is -1.98. The number of aryl methyl sites for hydroxylation is 1. The molecule has 0 unspecified atom stereocenters. The quantitative estimate of drug-likeness (QED) is 0.696. The summed E-state index contributed by atoms with van der Waals surface area (Å²) in [7, 11) is 0. The van der Waals surface area contributed by atoms with Crippen molar-refractivity contribution in [1.29, 1.82) is 0 Å². The molecular formula is C9H8ClN3. The summed E-state index contributed by atoms with van der Waals surface area (Å²) in [6.45, 7) is 1.99. The average molecular weight is 194 g/mol. The minimum Gasteiger partial charge on any atom is -0.237 e. The number of halogens is 1. The zero-order chi connectivity index (χ0) is 9.26. The van der Waals surface area contributed by atoms with Gasteiger partial charge in [-0.25, -0.2) is 9.67 Å². The number of rotatable bonds is 1. The lowest BCUT2D eigenvalue weighted by molar-refractivity contribution is 0.845. The summed E-state index contributed by atoms with van der Waals surface area (Å²) in [5.41, 5.74) is 1.13. The molecule has 2 heterocycles. The van der Waals surface area contributed by atoms with Crippen LogP contribution in [0.25, 0.3) is 5.82 Å². The highest BCUT2D eigenvalue weighted by Gasteiger charge is 1.98. The number of pyridine rings is 1. The van der Waals surface area contributed by atoms with E-state index in [1.165, 1.54) is 0 Å². The Kier molecular flexibility index (Phi) is 2.02.